The van der Waals surface area contributed by atoms with Crippen molar-refractivity contribution in [3.05, 3.63) is 0 Å². The van der Waals surface area contributed by atoms with Crippen LogP contribution < -0.4 is 5.32 Å². The van der Waals surface area contributed by atoms with E-state index < -0.39 is 5.97 Å². The van der Waals surface area contributed by atoms with Gasteiger partial charge < -0.3 is 15.2 Å². The molecule has 2 aliphatic rings. The van der Waals surface area contributed by atoms with Crippen LogP contribution in [0.15, 0.2) is 0 Å². The predicted molar refractivity (Wildman–Crippen MR) is 74.3 cm³/mol. The van der Waals surface area contributed by atoms with Crippen LogP contribution in [-0.2, 0) is 14.3 Å². The van der Waals surface area contributed by atoms with Crippen molar-refractivity contribution < 1.29 is 19.4 Å². The minimum absolute atomic E-state index is 0.0181. The first-order valence-corrected chi connectivity index (χ1v) is 7.64. The fourth-order valence-corrected chi connectivity index (χ4v) is 3.56. The highest BCUT2D eigenvalue weighted by Crippen LogP contribution is 2.42. The Balaban J connectivity index is 1.92. The molecule has 1 saturated carbocycles. The van der Waals surface area contributed by atoms with Gasteiger partial charge in [-0.2, -0.15) is 0 Å². The first-order chi connectivity index (χ1) is 9.51. The highest BCUT2D eigenvalue weighted by molar-refractivity contribution is 5.78. The summed E-state index contributed by atoms with van der Waals surface area (Å²) < 4.78 is 5.44. The summed E-state index contributed by atoms with van der Waals surface area (Å²) in [6, 6.07) is 0.0768. The summed E-state index contributed by atoms with van der Waals surface area (Å²) in [7, 11) is 0. The van der Waals surface area contributed by atoms with Gasteiger partial charge in [-0.25, -0.2) is 0 Å². The van der Waals surface area contributed by atoms with Crippen molar-refractivity contribution in [3.8, 4) is 0 Å². The highest BCUT2D eigenvalue weighted by Gasteiger charge is 2.37. The molecule has 114 valence electrons. The van der Waals surface area contributed by atoms with Crippen molar-refractivity contribution in [2.45, 2.75) is 70.4 Å². The van der Waals surface area contributed by atoms with E-state index in [1.807, 2.05) is 6.92 Å². The van der Waals surface area contributed by atoms with Crippen molar-refractivity contribution in [2.24, 2.45) is 5.41 Å². The topological polar surface area (TPSA) is 75.6 Å². The van der Waals surface area contributed by atoms with Crippen LogP contribution in [0.25, 0.3) is 0 Å². The molecule has 0 spiro atoms. The lowest BCUT2D eigenvalue weighted by atomic mass is 9.69. The molecule has 2 N–H and O–H groups in total. The first kappa shape index (κ1) is 15.3. The maximum Gasteiger partial charge on any atom is 0.303 e. The third kappa shape index (κ3) is 3.95. The molecule has 0 aromatic carbocycles. The zero-order valence-electron chi connectivity index (χ0n) is 12.2. The van der Waals surface area contributed by atoms with Crippen LogP contribution in [0.2, 0.25) is 0 Å². The van der Waals surface area contributed by atoms with Crippen LogP contribution in [0.4, 0.5) is 0 Å². The van der Waals surface area contributed by atoms with Crippen LogP contribution in [0.5, 0.6) is 0 Å². The van der Waals surface area contributed by atoms with Crippen LogP contribution in [0, 0.1) is 5.41 Å². The van der Waals surface area contributed by atoms with Crippen LogP contribution in [-0.4, -0.2) is 35.7 Å². The lowest BCUT2D eigenvalue weighted by molar-refractivity contribution is -0.141. The van der Waals surface area contributed by atoms with Crippen molar-refractivity contribution in [1.29, 1.82) is 0 Å². The highest BCUT2D eigenvalue weighted by atomic mass is 16.5. The average molecular weight is 283 g/mol. The number of amides is 1. The van der Waals surface area contributed by atoms with Crippen LogP contribution in [0.1, 0.15) is 58.3 Å². The zero-order valence-corrected chi connectivity index (χ0v) is 12.2. The number of hydrogen-bond acceptors (Lipinski definition) is 3. The molecular weight excluding hydrogens is 258 g/mol. The summed E-state index contributed by atoms with van der Waals surface area (Å²) in [6.07, 6.45) is 6.26. The van der Waals surface area contributed by atoms with Gasteiger partial charge in [0.05, 0.1) is 18.6 Å². The molecule has 5 heteroatoms. The van der Waals surface area contributed by atoms with E-state index in [0.717, 1.165) is 38.5 Å². The Morgan fingerprint density at radius 2 is 1.95 bits per heavy atom. The molecule has 5 nitrogen and oxygen atoms in total. The standard InChI is InChI=1S/C15H25NO4/c1-11-12(5-8-20-11)16-13(17)9-15(10-14(18)19)6-3-2-4-7-15/h11-12H,2-10H2,1H3,(H,16,17)(H,18,19). The molecule has 0 aromatic rings. The lowest BCUT2D eigenvalue weighted by Gasteiger charge is -2.36. The van der Waals surface area contributed by atoms with Crippen molar-refractivity contribution in [3.63, 3.8) is 0 Å². The summed E-state index contributed by atoms with van der Waals surface area (Å²) in [6.45, 7) is 2.65. The second-order valence-electron chi connectivity index (χ2n) is 6.35. The minimum Gasteiger partial charge on any atom is -0.481 e. The second kappa shape index (κ2) is 6.57. The Labute approximate surface area is 120 Å². The van der Waals surface area contributed by atoms with Crippen molar-refractivity contribution in [1.82, 2.24) is 5.32 Å². The fraction of sp³-hybridized carbons (Fsp3) is 0.867. The molecule has 1 heterocycles. The van der Waals surface area contributed by atoms with Gasteiger partial charge in [-0.3, -0.25) is 9.59 Å². The summed E-state index contributed by atoms with van der Waals surface area (Å²) in [5.74, 6) is -0.812. The van der Waals surface area contributed by atoms with E-state index in [-0.39, 0.29) is 29.9 Å². The molecule has 0 bridgehead atoms. The van der Waals surface area contributed by atoms with Crippen molar-refractivity contribution >= 4 is 11.9 Å². The number of hydrogen-bond donors (Lipinski definition) is 2. The Morgan fingerprint density at radius 1 is 1.25 bits per heavy atom. The number of carbonyl (C=O) groups is 2. The number of ether oxygens (including phenoxy) is 1. The van der Waals surface area contributed by atoms with Crippen LogP contribution >= 0.6 is 0 Å². The lowest BCUT2D eigenvalue weighted by Crippen LogP contribution is -2.42. The van der Waals surface area contributed by atoms with E-state index in [0.29, 0.717) is 13.0 Å². The van der Waals surface area contributed by atoms with Gasteiger partial charge in [0.1, 0.15) is 0 Å². The van der Waals surface area contributed by atoms with Gasteiger partial charge in [0.2, 0.25) is 5.91 Å². The molecule has 0 aromatic heterocycles. The first-order valence-electron chi connectivity index (χ1n) is 7.64. The molecule has 1 amide bonds. The summed E-state index contributed by atoms with van der Waals surface area (Å²) in [4.78, 5) is 23.3. The van der Waals surface area contributed by atoms with Gasteiger partial charge in [0.15, 0.2) is 0 Å². The van der Waals surface area contributed by atoms with Gasteiger partial charge >= 0.3 is 5.97 Å². The summed E-state index contributed by atoms with van der Waals surface area (Å²) in [5, 5.41) is 12.1. The molecule has 1 aliphatic carbocycles. The van der Waals surface area contributed by atoms with Gasteiger partial charge in [-0.15, -0.1) is 0 Å². The fourth-order valence-electron chi connectivity index (χ4n) is 3.56. The molecule has 1 saturated heterocycles. The molecule has 0 radical (unpaired) electrons. The predicted octanol–water partition coefficient (Wildman–Crippen LogP) is 2.10. The maximum absolute atomic E-state index is 12.2. The van der Waals surface area contributed by atoms with E-state index in [4.69, 9.17) is 9.84 Å². The molecule has 2 rings (SSSR count). The van der Waals surface area contributed by atoms with Crippen LogP contribution in [0.3, 0.4) is 0 Å². The van der Waals surface area contributed by atoms with E-state index in [2.05, 4.69) is 5.32 Å². The Kier molecular flexibility index (Phi) is 5.02. The molecule has 20 heavy (non-hydrogen) atoms. The molecule has 2 unspecified atom stereocenters. The van der Waals surface area contributed by atoms with E-state index in [1.54, 1.807) is 0 Å². The van der Waals surface area contributed by atoms with Gasteiger partial charge in [-0.1, -0.05) is 19.3 Å². The molecular formula is C15H25NO4. The van der Waals surface area contributed by atoms with Gasteiger partial charge in [0.25, 0.3) is 0 Å². The Morgan fingerprint density at radius 3 is 2.50 bits per heavy atom. The quantitative estimate of drug-likeness (QED) is 0.810. The largest absolute Gasteiger partial charge is 0.481 e. The van der Waals surface area contributed by atoms with E-state index in [1.165, 1.54) is 0 Å². The second-order valence-corrected chi connectivity index (χ2v) is 6.35. The third-order valence-electron chi connectivity index (χ3n) is 4.70. The zero-order chi connectivity index (χ0) is 14.6. The Bertz CT molecular complexity index is 363. The SMILES string of the molecule is CC1OCCC1NC(=O)CC1(CC(=O)O)CCCCC1. The third-order valence-corrected chi connectivity index (χ3v) is 4.70. The number of carboxylic acids is 1. The normalized spacial score (nSPS) is 29.1. The van der Waals surface area contributed by atoms with Gasteiger partial charge in [0, 0.05) is 13.0 Å². The average Bonchev–Trinajstić information content (AvgIpc) is 2.74. The number of carboxylic acid groups (broad SMARTS) is 1. The maximum atomic E-state index is 12.2. The molecule has 1 aliphatic heterocycles. The van der Waals surface area contributed by atoms with Crippen molar-refractivity contribution in [2.75, 3.05) is 6.61 Å². The number of aliphatic carboxylic acids is 1. The number of rotatable bonds is 5. The van der Waals surface area contributed by atoms with Gasteiger partial charge in [-0.05, 0) is 31.6 Å². The summed E-state index contributed by atoms with van der Waals surface area (Å²) in [5.41, 5.74) is -0.336. The summed E-state index contributed by atoms with van der Waals surface area (Å²) >= 11 is 0. The number of nitrogens with one attached hydrogen (secondary N) is 1. The molecule has 2 fully saturated rings. The minimum atomic E-state index is -0.794. The van der Waals surface area contributed by atoms with E-state index in [9.17, 15) is 9.59 Å². The smallest absolute Gasteiger partial charge is 0.303 e. The number of carbonyl (C=O) groups excluding carboxylic acids is 1. The van der Waals surface area contributed by atoms with E-state index >= 15 is 0 Å². The Hall–Kier alpha value is -1.10. The monoisotopic (exact) mass is 283 g/mol. The molecule has 2 atom stereocenters.